The van der Waals surface area contributed by atoms with Crippen LogP contribution < -0.4 is 5.73 Å². The molecule has 100 valence electrons. The zero-order valence-corrected chi connectivity index (χ0v) is 11.1. The lowest BCUT2D eigenvalue weighted by atomic mass is 9.78. The first-order valence-electron chi connectivity index (χ1n) is 6.45. The minimum Gasteiger partial charge on any atom is -0.367 e. The Bertz CT molecular complexity index is 420. The van der Waals surface area contributed by atoms with Gasteiger partial charge in [0.25, 0.3) is 0 Å². The van der Waals surface area contributed by atoms with Gasteiger partial charge in [-0.15, -0.1) is 5.10 Å². The molecule has 1 aliphatic rings. The number of aromatic nitrogens is 3. The Morgan fingerprint density at radius 1 is 1.50 bits per heavy atom. The minimum absolute atomic E-state index is 0.0954. The van der Waals surface area contributed by atoms with Gasteiger partial charge in [0.1, 0.15) is 12.9 Å². The molecule has 1 amide bonds. The molecule has 0 bridgehead atoms. The van der Waals surface area contributed by atoms with E-state index >= 15 is 0 Å². The average molecular weight is 251 g/mol. The molecule has 0 radical (unpaired) electrons. The van der Waals surface area contributed by atoms with Crippen molar-refractivity contribution in [2.45, 2.75) is 39.7 Å². The van der Waals surface area contributed by atoms with Gasteiger partial charge in [0, 0.05) is 13.1 Å². The molecule has 1 fully saturated rings. The van der Waals surface area contributed by atoms with Gasteiger partial charge in [-0.2, -0.15) is 0 Å². The molecule has 1 aromatic rings. The number of carbonyl (C=O) groups excluding carboxylic acids is 1. The van der Waals surface area contributed by atoms with Gasteiger partial charge >= 0.3 is 0 Å². The van der Waals surface area contributed by atoms with Crippen molar-refractivity contribution in [2.75, 3.05) is 18.8 Å². The van der Waals surface area contributed by atoms with E-state index in [1.54, 1.807) is 0 Å². The lowest BCUT2D eigenvalue weighted by Gasteiger charge is -2.38. The van der Waals surface area contributed by atoms with Crippen molar-refractivity contribution in [2.24, 2.45) is 5.41 Å². The summed E-state index contributed by atoms with van der Waals surface area (Å²) >= 11 is 0. The molecule has 0 aromatic carbocycles. The van der Waals surface area contributed by atoms with Gasteiger partial charge in [-0.05, 0) is 18.3 Å². The number of hydrogen-bond acceptors (Lipinski definition) is 4. The first-order valence-corrected chi connectivity index (χ1v) is 6.45. The highest BCUT2D eigenvalue weighted by atomic mass is 16.2. The van der Waals surface area contributed by atoms with E-state index in [9.17, 15) is 4.79 Å². The number of carbonyl (C=O) groups is 1. The summed E-state index contributed by atoms with van der Waals surface area (Å²) in [6.45, 7) is 6.43. The third-order valence-corrected chi connectivity index (χ3v) is 4.03. The molecule has 18 heavy (non-hydrogen) atoms. The lowest BCUT2D eigenvalue weighted by Crippen LogP contribution is -2.43. The number of anilines is 1. The Hall–Kier alpha value is -1.59. The smallest absolute Gasteiger partial charge is 0.244 e. The quantitative estimate of drug-likeness (QED) is 0.865. The largest absolute Gasteiger partial charge is 0.367 e. The SMILES string of the molecule is CCC1(C)CCN(C(=O)Cn2cnc(N)n2)CC1. The van der Waals surface area contributed by atoms with Crippen molar-refractivity contribution in [3.8, 4) is 0 Å². The second-order valence-electron chi connectivity index (χ2n) is 5.35. The van der Waals surface area contributed by atoms with E-state index in [-0.39, 0.29) is 18.4 Å². The summed E-state index contributed by atoms with van der Waals surface area (Å²) in [6, 6.07) is 0. The second-order valence-corrected chi connectivity index (χ2v) is 5.35. The number of likely N-dealkylation sites (tertiary alicyclic amines) is 1. The summed E-state index contributed by atoms with van der Waals surface area (Å²) in [5.41, 5.74) is 5.82. The number of piperidine rings is 1. The van der Waals surface area contributed by atoms with Gasteiger partial charge in [-0.3, -0.25) is 4.79 Å². The highest BCUT2D eigenvalue weighted by Crippen LogP contribution is 2.33. The van der Waals surface area contributed by atoms with Crippen LogP contribution in [0.1, 0.15) is 33.1 Å². The normalized spacial score (nSPS) is 18.9. The van der Waals surface area contributed by atoms with Gasteiger partial charge in [0.15, 0.2) is 0 Å². The molecule has 0 saturated carbocycles. The average Bonchev–Trinajstić information content (AvgIpc) is 2.75. The first-order chi connectivity index (χ1) is 8.52. The Balaban J connectivity index is 1.88. The van der Waals surface area contributed by atoms with Crippen molar-refractivity contribution in [3.05, 3.63) is 6.33 Å². The zero-order chi connectivity index (χ0) is 13.2. The third kappa shape index (κ3) is 2.80. The molecule has 6 nitrogen and oxygen atoms in total. The van der Waals surface area contributed by atoms with E-state index < -0.39 is 0 Å². The molecule has 6 heteroatoms. The summed E-state index contributed by atoms with van der Waals surface area (Å²) in [4.78, 5) is 17.8. The lowest BCUT2D eigenvalue weighted by molar-refractivity contribution is -0.134. The van der Waals surface area contributed by atoms with Crippen LogP contribution in [-0.4, -0.2) is 38.7 Å². The molecular formula is C12H21N5O. The summed E-state index contributed by atoms with van der Waals surface area (Å²) in [6.07, 6.45) is 4.82. The number of nitrogen functional groups attached to an aromatic ring is 1. The van der Waals surface area contributed by atoms with Crippen LogP contribution in [0, 0.1) is 5.41 Å². The van der Waals surface area contributed by atoms with Crippen LogP contribution in [0.5, 0.6) is 0 Å². The monoisotopic (exact) mass is 251 g/mol. The van der Waals surface area contributed by atoms with Crippen molar-refractivity contribution in [1.29, 1.82) is 0 Å². The van der Waals surface area contributed by atoms with Crippen LogP contribution in [0.15, 0.2) is 6.33 Å². The number of rotatable bonds is 3. The van der Waals surface area contributed by atoms with Crippen molar-refractivity contribution in [1.82, 2.24) is 19.7 Å². The van der Waals surface area contributed by atoms with Crippen LogP contribution in [-0.2, 0) is 11.3 Å². The van der Waals surface area contributed by atoms with E-state index in [1.165, 1.54) is 17.4 Å². The van der Waals surface area contributed by atoms with Gasteiger partial charge in [-0.1, -0.05) is 20.3 Å². The van der Waals surface area contributed by atoms with Crippen LogP contribution in [0.4, 0.5) is 5.95 Å². The van der Waals surface area contributed by atoms with Crippen LogP contribution in [0.25, 0.3) is 0 Å². The standard InChI is InChI=1S/C12H21N5O/c1-3-12(2)4-6-16(7-5-12)10(18)8-17-9-14-11(13)15-17/h9H,3-8H2,1-2H3,(H2,13,15). The Labute approximate surface area is 107 Å². The summed E-state index contributed by atoms with van der Waals surface area (Å²) in [7, 11) is 0. The summed E-state index contributed by atoms with van der Waals surface area (Å²) in [5, 5.41) is 3.93. The molecule has 2 rings (SSSR count). The number of nitrogens with zero attached hydrogens (tertiary/aromatic N) is 4. The molecule has 1 aliphatic heterocycles. The van der Waals surface area contributed by atoms with E-state index in [0.29, 0.717) is 5.41 Å². The molecule has 0 unspecified atom stereocenters. The fraction of sp³-hybridized carbons (Fsp3) is 0.750. The molecular weight excluding hydrogens is 230 g/mol. The van der Waals surface area contributed by atoms with Gasteiger partial charge in [0.05, 0.1) is 0 Å². The van der Waals surface area contributed by atoms with Gasteiger partial charge in [0.2, 0.25) is 11.9 Å². The highest BCUT2D eigenvalue weighted by Gasteiger charge is 2.30. The summed E-state index contributed by atoms with van der Waals surface area (Å²) < 4.78 is 1.49. The molecule has 2 N–H and O–H groups in total. The van der Waals surface area contributed by atoms with Crippen LogP contribution >= 0.6 is 0 Å². The van der Waals surface area contributed by atoms with Gasteiger partial charge < -0.3 is 10.6 Å². The topological polar surface area (TPSA) is 77.0 Å². The number of hydrogen-bond donors (Lipinski definition) is 1. The van der Waals surface area contributed by atoms with E-state index in [1.807, 2.05) is 4.90 Å². The molecule has 2 heterocycles. The molecule has 1 aromatic heterocycles. The maximum Gasteiger partial charge on any atom is 0.244 e. The third-order valence-electron chi connectivity index (χ3n) is 4.03. The van der Waals surface area contributed by atoms with Gasteiger partial charge in [-0.25, -0.2) is 9.67 Å². The molecule has 0 aliphatic carbocycles. The Morgan fingerprint density at radius 3 is 2.67 bits per heavy atom. The second kappa shape index (κ2) is 4.96. The molecule has 0 spiro atoms. The van der Waals surface area contributed by atoms with Crippen molar-refractivity contribution < 1.29 is 4.79 Å². The maximum atomic E-state index is 12.1. The fourth-order valence-corrected chi connectivity index (χ4v) is 2.27. The zero-order valence-electron chi connectivity index (χ0n) is 11.1. The van der Waals surface area contributed by atoms with E-state index in [4.69, 9.17) is 5.73 Å². The Morgan fingerprint density at radius 2 is 2.17 bits per heavy atom. The highest BCUT2D eigenvalue weighted by molar-refractivity contribution is 5.76. The predicted molar refractivity (Wildman–Crippen MR) is 68.6 cm³/mol. The van der Waals surface area contributed by atoms with E-state index in [2.05, 4.69) is 23.9 Å². The van der Waals surface area contributed by atoms with E-state index in [0.717, 1.165) is 25.9 Å². The molecule has 0 atom stereocenters. The first kappa shape index (κ1) is 12.9. The van der Waals surface area contributed by atoms with Crippen LogP contribution in [0.2, 0.25) is 0 Å². The fourth-order valence-electron chi connectivity index (χ4n) is 2.27. The summed E-state index contributed by atoms with van der Waals surface area (Å²) in [5.74, 6) is 0.304. The molecule has 1 saturated heterocycles. The number of nitrogens with two attached hydrogens (primary N) is 1. The van der Waals surface area contributed by atoms with Crippen LogP contribution in [0.3, 0.4) is 0 Å². The predicted octanol–water partition coefficient (Wildman–Crippen LogP) is 0.899. The Kier molecular flexibility index (Phi) is 3.54. The minimum atomic E-state index is 0.0954. The number of amides is 1. The van der Waals surface area contributed by atoms with Crippen molar-refractivity contribution in [3.63, 3.8) is 0 Å². The maximum absolute atomic E-state index is 12.1. The van der Waals surface area contributed by atoms with Crippen molar-refractivity contribution >= 4 is 11.9 Å².